The Morgan fingerprint density at radius 2 is 1.70 bits per heavy atom. The van der Waals surface area contributed by atoms with Gasteiger partial charge in [0.2, 0.25) is 10.0 Å². The maximum absolute atomic E-state index is 13.5. The maximum atomic E-state index is 13.5. The van der Waals surface area contributed by atoms with Crippen molar-refractivity contribution in [3.63, 3.8) is 0 Å². The first kappa shape index (κ1) is 21.8. The summed E-state index contributed by atoms with van der Waals surface area (Å²) in [5.41, 5.74) is 7.71. The Morgan fingerprint density at radius 3 is 2.33 bits per heavy atom. The van der Waals surface area contributed by atoms with Gasteiger partial charge in [0.1, 0.15) is 0 Å². The molecular formula is C22H32N4O2S2. The summed E-state index contributed by atoms with van der Waals surface area (Å²) in [5.74, 6) is 0. The monoisotopic (exact) mass is 448 g/mol. The molecule has 2 N–H and O–H groups in total. The van der Waals surface area contributed by atoms with Crippen molar-refractivity contribution in [1.82, 2.24) is 14.1 Å². The lowest BCUT2D eigenvalue weighted by molar-refractivity contribution is 0.147. The van der Waals surface area contributed by atoms with Gasteiger partial charge >= 0.3 is 0 Å². The topological polar surface area (TPSA) is 69.9 Å². The number of nitrogens with zero attached hydrogens (tertiary/aromatic N) is 3. The van der Waals surface area contributed by atoms with Gasteiger partial charge in [-0.15, -0.1) is 0 Å². The summed E-state index contributed by atoms with van der Waals surface area (Å²) in [5, 5.41) is 4.31. The number of sulfonamides is 1. The van der Waals surface area contributed by atoms with Crippen molar-refractivity contribution in [3.05, 3.63) is 46.7 Å². The standard InChI is InChI=1S/C22H32N4O2S2/c23-20-3-5-22(6-4-20)30(27,28)26(15-14-24-10-1-2-11-24)21-7-12-25(13-8-21)17-19-9-16-29-18-19/h3-6,9,16,18,21H,1-2,7-8,10-15,17,23H2. The minimum absolute atomic E-state index is 0.0499. The van der Waals surface area contributed by atoms with Crippen LogP contribution in [0.3, 0.4) is 0 Å². The summed E-state index contributed by atoms with van der Waals surface area (Å²) >= 11 is 1.73. The zero-order valence-corrected chi connectivity index (χ0v) is 19.1. The summed E-state index contributed by atoms with van der Waals surface area (Å²) in [4.78, 5) is 5.17. The first-order valence-corrected chi connectivity index (χ1v) is 13.2. The van der Waals surface area contributed by atoms with Gasteiger partial charge in [-0.2, -0.15) is 15.6 Å². The molecule has 0 saturated carbocycles. The predicted molar refractivity (Wildman–Crippen MR) is 123 cm³/mol. The van der Waals surface area contributed by atoms with Crippen molar-refractivity contribution in [2.75, 3.05) is 45.0 Å². The highest BCUT2D eigenvalue weighted by atomic mass is 32.2. The molecule has 4 rings (SSSR count). The van der Waals surface area contributed by atoms with Crippen LogP contribution in [-0.2, 0) is 16.6 Å². The number of nitrogen functional groups attached to an aromatic ring is 1. The molecule has 3 heterocycles. The molecule has 0 unspecified atom stereocenters. The highest BCUT2D eigenvalue weighted by Crippen LogP contribution is 2.26. The fourth-order valence-corrected chi connectivity index (χ4v) is 6.86. The minimum atomic E-state index is -3.54. The van der Waals surface area contributed by atoms with Crippen LogP contribution in [0.5, 0.6) is 0 Å². The average molecular weight is 449 g/mol. The molecule has 0 atom stereocenters. The molecule has 0 spiro atoms. The van der Waals surface area contributed by atoms with Crippen molar-refractivity contribution in [3.8, 4) is 0 Å². The van der Waals surface area contributed by atoms with Gasteiger partial charge in [-0.3, -0.25) is 4.90 Å². The van der Waals surface area contributed by atoms with Crippen LogP contribution in [0.4, 0.5) is 5.69 Å². The van der Waals surface area contributed by atoms with E-state index in [0.29, 0.717) is 17.1 Å². The molecule has 2 aliphatic rings. The van der Waals surface area contributed by atoms with E-state index in [4.69, 9.17) is 5.73 Å². The second-order valence-corrected chi connectivity index (χ2v) is 11.0. The zero-order chi connectivity index (χ0) is 21.0. The minimum Gasteiger partial charge on any atom is -0.399 e. The highest BCUT2D eigenvalue weighted by Gasteiger charge is 2.34. The van der Waals surface area contributed by atoms with Crippen molar-refractivity contribution in [1.29, 1.82) is 0 Å². The van der Waals surface area contributed by atoms with Gasteiger partial charge < -0.3 is 10.6 Å². The first-order chi connectivity index (χ1) is 14.5. The maximum Gasteiger partial charge on any atom is 0.243 e. The largest absolute Gasteiger partial charge is 0.399 e. The van der Waals surface area contributed by atoms with Gasteiger partial charge in [0.15, 0.2) is 0 Å². The Bertz CT molecular complexity index is 886. The number of thiophene rings is 1. The lowest BCUT2D eigenvalue weighted by atomic mass is 10.0. The van der Waals surface area contributed by atoms with Crippen LogP contribution in [0.2, 0.25) is 0 Å². The number of piperidine rings is 1. The average Bonchev–Trinajstić information content (AvgIpc) is 3.44. The molecule has 30 heavy (non-hydrogen) atoms. The summed E-state index contributed by atoms with van der Waals surface area (Å²) in [6, 6.07) is 8.85. The van der Waals surface area contributed by atoms with Crippen LogP contribution in [0, 0.1) is 0 Å². The first-order valence-electron chi connectivity index (χ1n) is 10.9. The van der Waals surface area contributed by atoms with Crippen LogP contribution in [-0.4, -0.2) is 67.8 Å². The summed E-state index contributed by atoms with van der Waals surface area (Å²) < 4.78 is 28.9. The van der Waals surface area contributed by atoms with Gasteiger partial charge in [0.25, 0.3) is 0 Å². The normalized spacial score (nSPS) is 19.6. The summed E-state index contributed by atoms with van der Waals surface area (Å²) in [6.45, 7) is 6.33. The smallest absolute Gasteiger partial charge is 0.243 e. The number of rotatable bonds is 8. The lowest BCUT2D eigenvalue weighted by Gasteiger charge is -2.38. The van der Waals surface area contributed by atoms with Gasteiger partial charge in [-0.1, -0.05) is 0 Å². The van der Waals surface area contributed by atoms with Gasteiger partial charge in [0, 0.05) is 44.5 Å². The van der Waals surface area contributed by atoms with E-state index in [1.54, 1.807) is 39.9 Å². The van der Waals surface area contributed by atoms with Crippen molar-refractivity contribution in [2.24, 2.45) is 0 Å². The number of nitrogens with two attached hydrogens (primary N) is 1. The second kappa shape index (κ2) is 9.78. The third-order valence-electron chi connectivity index (χ3n) is 6.27. The quantitative estimate of drug-likeness (QED) is 0.629. The predicted octanol–water partition coefficient (Wildman–Crippen LogP) is 3.08. The van der Waals surface area contributed by atoms with E-state index in [-0.39, 0.29) is 6.04 Å². The molecule has 0 aliphatic carbocycles. The van der Waals surface area contributed by atoms with Crippen LogP contribution >= 0.6 is 11.3 Å². The van der Waals surface area contributed by atoms with Crippen molar-refractivity contribution in [2.45, 2.75) is 43.2 Å². The molecule has 0 bridgehead atoms. The molecule has 1 aromatic heterocycles. The Labute approximate surface area is 184 Å². The van der Waals surface area contributed by atoms with Crippen molar-refractivity contribution < 1.29 is 8.42 Å². The van der Waals surface area contributed by atoms with Gasteiger partial charge in [-0.05, 0) is 85.4 Å². The number of hydrogen-bond donors (Lipinski definition) is 1. The van der Waals surface area contributed by atoms with E-state index < -0.39 is 10.0 Å². The SMILES string of the molecule is Nc1ccc(S(=O)(=O)N(CCN2CCCC2)C2CCN(Cc3ccsc3)CC2)cc1. The Hall–Kier alpha value is -1.45. The van der Waals surface area contributed by atoms with Gasteiger partial charge in [0.05, 0.1) is 4.90 Å². The summed E-state index contributed by atoms with van der Waals surface area (Å²) in [6.07, 6.45) is 4.17. The van der Waals surface area contributed by atoms with Crippen LogP contribution in [0.25, 0.3) is 0 Å². The Kier molecular flexibility index (Phi) is 7.10. The van der Waals surface area contributed by atoms with E-state index in [1.807, 2.05) is 0 Å². The third-order valence-corrected chi connectivity index (χ3v) is 8.97. The molecule has 8 heteroatoms. The second-order valence-electron chi connectivity index (χ2n) is 8.37. The Balaban J connectivity index is 1.46. The highest BCUT2D eigenvalue weighted by molar-refractivity contribution is 7.89. The molecule has 2 aromatic rings. The van der Waals surface area contributed by atoms with Crippen molar-refractivity contribution >= 4 is 27.0 Å². The molecule has 1 aromatic carbocycles. The van der Waals surface area contributed by atoms with Crippen LogP contribution in [0.1, 0.15) is 31.2 Å². The number of hydrogen-bond acceptors (Lipinski definition) is 6. The molecule has 0 amide bonds. The molecule has 6 nitrogen and oxygen atoms in total. The fourth-order valence-electron chi connectivity index (χ4n) is 4.53. The summed E-state index contributed by atoms with van der Waals surface area (Å²) in [7, 11) is -3.54. The fraction of sp³-hybridized carbons (Fsp3) is 0.545. The molecular weight excluding hydrogens is 416 g/mol. The van der Waals surface area contributed by atoms with E-state index in [2.05, 4.69) is 26.6 Å². The molecule has 2 aliphatic heterocycles. The number of benzene rings is 1. The third kappa shape index (κ3) is 5.23. The molecule has 164 valence electrons. The number of likely N-dealkylation sites (tertiary alicyclic amines) is 2. The van der Waals surface area contributed by atoms with E-state index in [1.165, 1.54) is 18.4 Å². The molecule has 2 saturated heterocycles. The van der Waals surface area contributed by atoms with E-state index in [9.17, 15) is 8.42 Å². The number of anilines is 1. The Morgan fingerprint density at radius 1 is 1.00 bits per heavy atom. The lowest BCUT2D eigenvalue weighted by Crippen LogP contribution is -2.49. The van der Waals surface area contributed by atoms with E-state index in [0.717, 1.165) is 52.1 Å². The molecule has 0 radical (unpaired) electrons. The van der Waals surface area contributed by atoms with E-state index >= 15 is 0 Å². The van der Waals surface area contributed by atoms with Crippen LogP contribution < -0.4 is 5.73 Å². The molecule has 2 fully saturated rings. The van der Waals surface area contributed by atoms with Gasteiger partial charge in [-0.25, -0.2) is 8.42 Å². The zero-order valence-electron chi connectivity index (χ0n) is 17.4. The van der Waals surface area contributed by atoms with Crippen LogP contribution in [0.15, 0.2) is 46.0 Å².